The van der Waals surface area contributed by atoms with Crippen LogP contribution in [0.1, 0.15) is 42.7 Å². The van der Waals surface area contributed by atoms with Crippen LogP contribution in [-0.4, -0.2) is 41.8 Å². The molecule has 0 saturated heterocycles. The average Bonchev–Trinajstić information content (AvgIpc) is 3.13. The zero-order chi connectivity index (χ0) is 23.7. The van der Waals surface area contributed by atoms with E-state index in [0.717, 1.165) is 11.1 Å². The van der Waals surface area contributed by atoms with Crippen molar-refractivity contribution in [3.05, 3.63) is 71.8 Å². The third kappa shape index (κ3) is 4.42. The maximum atomic E-state index is 12.6. The molecule has 7 heteroatoms. The number of rotatable bonds is 6. The van der Waals surface area contributed by atoms with Crippen LogP contribution < -0.4 is 10.6 Å². The zero-order valence-electron chi connectivity index (χ0n) is 18.8. The van der Waals surface area contributed by atoms with Crippen LogP contribution in [0, 0.1) is 11.8 Å². The molecule has 2 atom stereocenters. The largest absolute Gasteiger partial charge is 0.481 e. The summed E-state index contributed by atoms with van der Waals surface area (Å²) in [6.45, 7) is 0.243. The van der Waals surface area contributed by atoms with Crippen LogP contribution in [0.2, 0.25) is 0 Å². The van der Waals surface area contributed by atoms with Gasteiger partial charge in [-0.05, 0) is 47.9 Å². The van der Waals surface area contributed by atoms with E-state index in [1.54, 1.807) is 0 Å². The first kappa shape index (κ1) is 22.2. The number of hydrogen-bond donors (Lipinski definition) is 3. The Morgan fingerprint density at radius 1 is 0.882 bits per heavy atom. The number of ether oxygens (including phenoxy) is 1. The lowest BCUT2D eigenvalue weighted by atomic mass is 9.79. The second kappa shape index (κ2) is 9.33. The standard InChI is InChI=1S/C27H28N2O5/c30-25(28-19-13-17(14-19)26(31)32)16-6-5-7-18(12-16)29-27(33)34-15-24-22-10-3-1-8-20(22)21-9-2-4-11-23(21)24/h1-5,7-11,16-19,24H,6,12-15H2,(H,28,30)(H,29,33)(H,31,32). The van der Waals surface area contributed by atoms with E-state index in [2.05, 4.69) is 34.9 Å². The lowest BCUT2D eigenvalue weighted by Gasteiger charge is -2.34. The van der Waals surface area contributed by atoms with Crippen molar-refractivity contribution in [1.82, 2.24) is 10.6 Å². The van der Waals surface area contributed by atoms with Crippen molar-refractivity contribution in [1.29, 1.82) is 0 Å². The number of carboxylic acid groups (broad SMARTS) is 1. The Balaban J connectivity index is 1.13. The SMILES string of the molecule is O=C(NC1C=CCC(C(=O)NC2CC(C(=O)O)C2)C1)OCC1c2ccccc2-c2ccccc21. The van der Waals surface area contributed by atoms with Gasteiger partial charge in [0.25, 0.3) is 0 Å². The summed E-state index contributed by atoms with van der Waals surface area (Å²) in [6, 6.07) is 16.0. The van der Waals surface area contributed by atoms with Gasteiger partial charge in [-0.1, -0.05) is 60.7 Å². The number of allylic oxidation sites excluding steroid dienone is 1. The van der Waals surface area contributed by atoms with Crippen LogP contribution in [-0.2, 0) is 14.3 Å². The summed E-state index contributed by atoms with van der Waals surface area (Å²) in [6.07, 6.45) is 5.35. The van der Waals surface area contributed by atoms with Gasteiger partial charge in [0.05, 0.1) is 12.0 Å². The number of amides is 2. The molecule has 176 valence electrons. The van der Waals surface area contributed by atoms with Crippen molar-refractivity contribution in [2.75, 3.05) is 6.61 Å². The molecule has 0 bridgehead atoms. The fourth-order valence-corrected chi connectivity index (χ4v) is 5.26. The molecule has 2 aromatic carbocycles. The Labute approximate surface area is 198 Å². The van der Waals surface area contributed by atoms with Crippen molar-refractivity contribution in [2.45, 2.75) is 43.7 Å². The van der Waals surface area contributed by atoms with E-state index in [1.807, 2.05) is 36.4 Å². The first-order valence-electron chi connectivity index (χ1n) is 11.8. The Morgan fingerprint density at radius 3 is 2.18 bits per heavy atom. The summed E-state index contributed by atoms with van der Waals surface area (Å²) in [4.78, 5) is 36.1. The second-order valence-corrected chi connectivity index (χ2v) is 9.38. The molecule has 0 spiro atoms. The lowest BCUT2D eigenvalue weighted by molar-refractivity contribution is -0.146. The molecule has 0 aromatic heterocycles. The minimum atomic E-state index is -0.807. The van der Waals surface area contributed by atoms with Crippen molar-refractivity contribution in [3.8, 4) is 11.1 Å². The average molecular weight is 461 g/mol. The highest BCUT2D eigenvalue weighted by molar-refractivity contribution is 5.81. The Hall–Kier alpha value is -3.61. The van der Waals surface area contributed by atoms with Gasteiger partial charge in [-0.25, -0.2) is 4.79 Å². The summed E-state index contributed by atoms with van der Waals surface area (Å²) < 4.78 is 5.62. The monoisotopic (exact) mass is 460 g/mol. The Kier molecular flexibility index (Phi) is 6.09. The Morgan fingerprint density at radius 2 is 1.53 bits per heavy atom. The quantitative estimate of drug-likeness (QED) is 0.568. The Bertz CT molecular complexity index is 1090. The number of hydrogen-bond acceptors (Lipinski definition) is 4. The van der Waals surface area contributed by atoms with Crippen LogP contribution in [0.4, 0.5) is 4.79 Å². The van der Waals surface area contributed by atoms with Crippen molar-refractivity contribution in [2.24, 2.45) is 11.8 Å². The number of alkyl carbamates (subject to hydrolysis) is 1. The highest BCUT2D eigenvalue weighted by atomic mass is 16.5. The fraction of sp³-hybridized carbons (Fsp3) is 0.370. The first-order valence-corrected chi connectivity index (χ1v) is 11.8. The molecule has 7 nitrogen and oxygen atoms in total. The van der Waals surface area contributed by atoms with Gasteiger partial charge >= 0.3 is 12.1 Å². The molecule has 3 N–H and O–H groups in total. The van der Waals surface area contributed by atoms with E-state index in [1.165, 1.54) is 11.1 Å². The maximum absolute atomic E-state index is 12.6. The number of carbonyl (C=O) groups excluding carboxylic acids is 2. The van der Waals surface area contributed by atoms with Gasteiger partial charge in [0, 0.05) is 17.9 Å². The zero-order valence-corrected chi connectivity index (χ0v) is 18.8. The number of carboxylic acids is 1. The lowest BCUT2D eigenvalue weighted by Crippen LogP contribution is -2.49. The van der Waals surface area contributed by atoms with Gasteiger partial charge in [0.15, 0.2) is 0 Å². The van der Waals surface area contributed by atoms with Gasteiger partial charge in [-0.3, -0.25) is 9.59 Å². The number of nitrogens with one attached hydrogen (secondary N) is 2. The van der Waals surface area contributed by atoms with Gasteiger partial charge in [0.1, 0.15) is 6.61 Å². The molecular weight excluding hydrogens is 432 g/mol. The molecule has 0 radical (unpaired) electrons. The molecule has 2 unspecified atom stereocenters. The smallest absolute Gasteiger partial charge is 0.407 e. The maximum Gasteiger partial charge on any atom is 0.407 e. The van der Waals surface area contributed by atoms with E-state index < -0.39 is 12.1 Å². The normalized spacial score (nSPS) is 24.9. The van der Waals surface area contributed by atoms with Crippen molar-refractivity contribution in [3.63, 3.8) is 0 Å². The predicted octanol–water partition coefficient (Wildman–Crippen LogP) is 3.84. The molecule has 2 aromatic rings. The summed E-state index contributed by atoms with van der Waals surface area (Å²) in [7, 11) is 0. The third-order valence-corrected chi connectivity index (χ3v) is 7.18. The minimum absolute atomic E-state index is 0.00400. The number of aliphatic carboxylic acids is 1. The molecule has 2 amide bonds. The van der Waals surface area contributed by atoms with Crippen LogP contribution in [0.25, 0.3) is 11.1 Å². The van der Waals surface area contributed by atoms with Gasteiger partial charge in [-0.2, -0.15) is 0 Å². The molecule has 3 aliphatic carbocycles. The number of benzene rings is 2. The van der Waals surface area contributed by atoms with Crippen molar-refractivity contribution < 1.29 is 24.2 Å². The highest BCUT2D eigenvalue weighted by Crippen LogP contribution is 2.44. The second-order valence-electron chi connectivity index (χ2n) is 9.38. The summed E-state index contributed by atoms with van der Waals surface area (Å²) in [5.74, 6) is -1.51. The molecule has 3 aliphatic rings. The molecule has 1 saturated carbocycles. The van der Waals surface area contributed by atoms with Crippen LogP contribution in [0.5, 0.6) is 0 Å². The molecule has 0 aliphatic heterocycles. The van der Waals surface area contributed by atoms with E-state index in [-0.39, 0.29) is 42.4 Å². The number of carbonyl (C=O) groups is 3. The third-order valence-electron chi connectivity index (χ3n) is 7.18. The molecule has 34 heavy (non-hydrogen) atoms. The van der Waals surface area contributed by atoms with Crippen LogP contribution >= 0.6 is 0 Å². The van der Waals surface area contributed by atoms with Gasteiger partial charge in [-0.15, -0.1) is 0 Å². The fourth-order valence-electron chi connectivity index (χ4n) is 5.26. The first-order chi connectivity index (χ1) is 16.5. The van der Waals surface area contributed by atoms with Crippen LogP contribution in [0.15, 0.2) is 60.7 Å². The summed E-state index contributed by atoms with van der Waals surface area (Å²) in [5, 5.41) is 14.8. The van der Waals surface area contributed by atoms with Gasteiger partial charge in [0.2, 0.25) is 5.91 Å². The molecule has 1 fully saturated rings. The summed E-state index contributed by atoms with van der Waals surface area (Å²) >= 11 is 0. The molecule has 0 heterocycles. The van der Waals surface area contributed by atoms with Gasteiger partial charge < -0.3 is 20.5 Å². The van der Waals surface area contributed by atoms with E-state index in [9.17, 15) is 14.4 Å². The van der Waals surface area contributed by atoms with E-state index >= 15 is 0 Å². The number of fused-ring (bicyclic) bond motifs is 3. The highest BCUT2D eigenvalue weighted by Gasteiger charge is 2.37. The minimum Gasteiger partial charge on any atom is -0.481 e. The van der Waals surface area contributed by atoms with Crippen molar-refractivity contribution >= 4 is 18.0 Å². The predicted molar refractivity (Wildman–Crippen MR) is 126 cm³/mol. The molecule has 5 rings (SSSR count). The van der Waals surface area contributed by atoms with E-state index in [0.29, 0.717) is 25.7 Å². The topological polar surface area (TPSA) is 105 Å². The summed E-state index contributed by atoms with van der Waals surface area (Å²) in [5.41, 5.74) is 4.67. The van der Waals surface area contributed by atoms with E-state index in [4.69, 9.17) is 9.84 Å². The molecular formula is C27H28N2O5. The van der Waals surface area contributed by atoms with Crippen LogP contribution in [0.3, 0.4) is 0 Å².